The molecule has 12 heavy (non-hydrogen) atoms. The number of urea groups is 2. The van der Waals surface area contributed by atoms with Crippen LogP contribution >= 0.6 is 0 Å². The quantitative estimate of drug-likeness (QED) is 0.314. The third-order valence-electron chi connectivity index (χ3n) is 0.658. The Morgan fingerprint density at radius 1 is 1.08 bits per heavy atom. The van der Waals surface area contributed by atoms with E-state index in [9.17, 15) is 19.2 Å². The highest BCUT2D eigenvalue weighted by Gasteiger charge is 2.15. The van der Waals surface area contributed by atoms with Gasteiger partial charge < -0.3 is 10.8 Å². The number of aliphatic carboxylic acids is 1. The fourth-order valence-electron chi connectivity index (χ4n) is 0.300. The van der Waals surface area contributed by atoms with Gasteiger partial charge >= 0.3 is 23.9 Å². The second-order valence-electron chi connectivity index (χ2n) is 1.58. The van der Waals surface area contributed by atoms with Crippen LogP contribution in [0.1, 0.15) is 0 Å². The summed E-state index contributed by atoms with van der Waals surface area (Å²) >= 11 is 0. The lowest BCUT2D eigenvalue weighted by molar-refractivity contribution is -0.149. The van der Waals surface area contributed by atoms with Gasteiger partial charge in [-0.2, -0.15) is 0 Å². The van der Waals surface area contributed by atoms with Gasteiger partial charge in [-0.15, -0.1) is 0 Å². The third kappa shape index (κ3) is 3.82. The lowest BCUT2D eigenvalue weighted by atomic mass is 10.6. The number of primary amides is 1. The molecule has 0 aromatic carbocycles. The lowest BCUT2D eigenvalue weighted by Crippen LogP contribution is -2.46. The summed E-state index contributed by atoms with van der Waals surface area (Å²) in [6.45, 7) is 0. The molecule has 0 rings (SSSR count). The van der Waals surface area contributed by atoms with Crippen molar-refractivity contribution in [2.24, 2.45) is 5.73 Å². The van der Waals surface area contributed by atoms with Crippen LogP contribution in [-0.2, 0) is 9.59 Å². The van der Waals surface area contributed by atoms with Crippen LogP contribution in [0, 0.1) is 0 Å². The van der Waals surface area contributed by atoms with Crippen molar-refractivity contribution in [3.05, 3.63) is 0 Å². The van der Waals surface area contributed by atoms with E-state index in [0.29, 0.717) is 0 Å². The van der Waals surface area contributed by atoms with Gasteiger partial charge in [-0.3, -0.25) is 15.4 Å². The summed E-state index contributed by atoms with van der Waals surface area (Å²) in [5.74, 6) is -3.39. The normalized spacial score (nSPS) is 8.33. The second kappa shape index (κ2) is 3.91. The number of carbonyl (C=O) groups excluding carboxylic acids is 3. The summed E-state index contributed by atoms with van der Waals surface area (Å²) in [6.07, 6.45) is 0. The van der Waals surface area contributed by atoms with Gasteiger partial charge in [0.15, 0.2) is 0 Å². The first-order chi connectivity index (χ1) is 5.43. The Labute approximate surface area is 65.7 Å². The molecule has 0 aliphatic carbocycles. The molecule has 0 atom stereocenters. The van der Waals surface area contributed by atoms with E-state index in [1.165, 1.54) is 10.6 Å². The molecule has 0 saturated heterocycles. The van der Waals surface area contributed by atoms with Gasteiger partial charge in [-0.1, -0.05) is 0 Å². The monoisotopic (exact) mass is 175 g/mol. The van der Waals surface area contributed by atoms with Crippen LogP contribution in [0.15, 0.2) is 0 Å². The smallest absolute Gasteiger partial charge is 0.394 e. The molecule has 0 bridgehead atoms. The number of nitrogens with two attached hydrogens (primary N) is 1. The maximum Gasteiger partial charge on any atom is 0.394 e. The molecule has 0 radical (unpaired) electrons. The van der Waals surface area contributed by atoms with E-state index >= 15 is 0 Å². The maximum absolute atomic E-state index is 10.4. The summed E-state index contributed by atoms with van der Waals surface area (Å²) in [7, 11) is 0. The van der Waals surface area contributed by atoms with E-state index in [2.05, 4.69) is 5.73 Å². The Bertz CT molecular complexity index is 247. The topological polar surface area (TPSA) is 139 Å². The molecular formula is C4H5N3O5. The highest BCUT2D eigenvalue weighted by molar-refractivity contribution is 6.34. The van der Waals surface area contributed by atoms with Crippen molar-refractivity contribution >= 4 is 23.9 Å². The highest BCUT2D eigenvalue weighted by Crippen LogP contribution is 1.68. The minimum atomic E-state index is -1.84. The van der Waals surface area contributed by atoms with Gasteiger partial charge in [0.25, 0.3) is 0 Å². The number of carbonyl (C=O) groups is 4. The molecule has 0 spiro atoms. The lowest BCUT2D eigenvalue weighted by Gasteiger charge is -1.98. The Kier molecular flexibility index (Phi) is 3.22. The molecule has 0 aliphatic heterocycles. The SMILES string of the molecule is NC(=O)NC(=O)NC(=O)C(=O)O. The van der Waals surface area contributed by atoms with Gasteiger partial charge in [0.05, 0.1) is 0 Å². The van der Waals surface area contributed by atoms with Crippen molar-refractivity contribution in [1.29, 1.82) is 0 Å². The summed E-state index contributed by atoms with van der Waals surface area (Å²) < 4.78 is 0. The zero-order valence-electron chi connectivity index (χ0n) is 5.66. The number of nitrogens with one attached hydrogen (secondary N) is 2. The van der Waals surface area contributed by atoms with Crippen LogP contribution in [-0.4, -0.2) is 29.0 Å². The predicted molar refractivity (Wildman–Crippen MR) is 33.9 cm³/mol. The van der Waals surface area contributed by atoms with Gasteiger partial charge in [0.2, 0.25) is 0 Å². The van der Waals surface area contributed by atoms with E-state index in [4.69, 9.17) is 5.11 Å². The average molecular weight is 175 g/mol. The summed E-state index contributed by atoms with van der Waals surface area (Å²) in [5.41, 5.74) is 4.48. The number of hydrogen-bond donors (Lipinski definition) is 4. The molecule has 66 valence electrons. The maximum atomic E-state index is 10.4. The van der Waals surface area contributed by atoms with Gasteiger partial charge in [0.1, 0.15) is 0 Å². The summed E-state index contributed by atoms with van der Waals surface area (Å²) in [5, 5.41) is 10.7. The Hall–Kier alpha value is -2.12. The summed E-state index contributed by atoms with van der Waals surface area (Å²) in [4.78, 5) is 40.3. The number of amides is 5. The minimum Gasteiger partial charge on any atom is -0.474 e. The van der Waals surface area contributed by atoms with E-state index < -0.39 is 23.9 Å². The molecule has 0 unspecified atom stereocenters. The third-order valence-corrected chi connectivity index (χ3v) is 0.658. The Morgan fingerprint density at radius 2 is 1.58 bits per heavy atom. The van der Waals surface area contributed by atoms with Gasteiger partial charge in [-0.25, -0.2) is 14.4 Å². The summed E-state index contributed by atoms with van der Waals surface area (Å²) in [6, 6.07) is -2.47. The number of rotatable bonds is 0. The number of imide groups is 2. The predicted octanol–water partition coefficient (Wildman–Crippen LogP) is -2.02. The fourth-order valence-corrected chi connectivity index (χ4v) is 0.300. The van der Waals surface area contributed by atoms with Crippen molar-refractivity contribution in [1.82, 2.24) is 10.6 Å². The molecule has 0 aliphatic rings. The molecule has 8 nitrogen and oxygen atoms in total. The Morgan fingerprint density at radius 3 is 1.92 bits per heavy atom. The standard InChI is InChI=1S/C4H5N3O5/c5-3(11)7-4(12)6-1(8)2(9)10/h(H,9,10)(H4,5,6,7,8,11,12). The molecule has 5 amide bonds. The van der Waals surface area contributed by atoms with Gasteiger partial charge in [-0.05, 0) is 0 Å². The van der Waals surface area contributed by atoms with Crippen LogP contribution < -0.4 is 16.4 Å². The van der Waals surface area contributed by atoms with Crippen LogP contribution in [0.5, 0.6) is 0 Å². The van der Waals surface area contributed by atoms with Crippen molar-refractivity contribution in [2.45, 2.75) is 0 Å². The number of carboxylic acids is 1. The molecule has 0 aromatic heterocycles. The van der Waals surface area contributed by atoms with Crippen molar-refractivity contribution in [3.8, 4) is 0 Å². The molecule has 0 saturated carbocycles. The number of hydrogen-bond acceptors (Lipinski definition) is 4. The largest absolute Gasteiger partial charge is 0.474 e. The van der Waals surface area contributed by atoms with Crippen LogP contribution in [0.4, 0.5) is 9.59 Å². The van der Waals surface area contributed by atoms with E-state index in [0.717, 1.165) is 0 Å². The zero-order chi connectivity index (χ0) is 9.72. The van der Waals surface area contributed by atoms with Crippen LogP contribution in [0.25, 0.3) is 0 Å². The molecule has 0 fully saturated rings. The van der Waals surface area contributed by atoms with E-state index in [1.807, 2.05) is 0 Å². The van der Waals surface area contributed by atoms with Crippen molar-refractivity contribution in [3.63, 3.8) is 0 Å². The average Bonchev–Trinajstić information content (AvgIpc) is 1.84. The molecular weight excluding hydrogens is 170 g/mol. The number of carboxylic acid groups (broad SMARTS) is 1. The van der Waals surface area contributed by atoms with E-state index in [-0.39, 0.29) is 0 Å². The zero-order valence-corrected chi connectivity index (χ0v) is 5.66. The van der Waals surface area contributed by atoms with Gasteiger partial charge in [0, 0.05) is 0 Å². The molecule has 8 heteroatoms. The molecule has 0 heterocycles. The van der Waals surface area contributed by atoms with E-state index in [1.54, 1.807) is 0 Å². The second-order valence-corrected chi connectivity index (χ2v) is 1.58. The Balaban J connectivity index is 3.94. The van der Waals surface area contributed by atoms with Crippen LogP contribution in [0.3, 0.4) is 0 Å². The molecule has 5 N–H and O–H groups in total. The van der Waals surface area contributed by atoms with Crippen molar-refractivity contribution in [2.75, 3.05) is 0 Å². The first kappa shape index (κ1) is 9.88. The van der Waals surface area contributed by atoms with Crippen LogP contribution in [0.2, 0.25) is 0 Å². The fraction of sp³-hybridized carbons (Fsp3) is 0. The highest BCUT2D eigenvalue weighted by atomic mass is 16.4. The minimum absolute atomic E-state index is 1.19. The van der Waals surface area contributed by atoms with Crippen molar-refractivity contribution < 1.29 is 24.3 Å². The first-order valence-corrected chi connectivity index (χ1v) is 2.58. The first-order valence-electron chi connectivity index (χ1n) is 2.58. The molecule has 0 aromatic rings.